The van der Waals surface area contributed by atoms with Gasteiger partial charge >= 0.3 is 0 Å². The van der Waals surface area contributed by atoms with Gasteiger partial charge in [0.15, 0.2) is 0 Å². The highest BCUT2D eigenvalue weighted by Gasteiger charge is 2.35. The Morgan fingerprint density at radius 1 is 0.789 bits per heavy atom. The fourth-order valence-corrected chi connectivity index (χ4v) is 2.18. The van der Waals surface area contributed by atoms with Crippen LogP contribution < -0.4 is 0 Å². The molecular formula is C17H18F2. The van der Waals surface area contributed by atoms with Crippen LogP contribution >= 0.6 is 0 Å². The van der Waals surface area contributed by atoms with Crippen molar-refractivity contribution < 1.29 is 8.78 Å². The molecule has 0 fully saturated rings. The van der Waals surface area contributed by atoms with E-state index in [1.807, 2.05) is 26.8 Å². The molecule has 0 saturated heterocycles. The third kappa shape index (κ3) is 2.40. The fourth-order valence-electron chi connectivity index (χ4n) is 2.18. The molecule has 19 heavy (non-hydrogen) atoms. The molecule has 100 valence electrons. The summed E-state index contributed by atoms with van der Waals surface area (Å²) in [5.74, 6) is -2.95. The molecule has 0 unspecified atom stereocenters. The van der Waals surface area contributed by atoms with Crippen molar-refractivity contribution in [1.29, 1.82) is 0 Å². The van der Waals surface area contributed by atoms with E-state index in [0.29, 0.717) is 5.56 Å². The van der Waals surface area contributed by atoms with Gasteiger partial charge in [0.25, 0.3) is 5.92 Å². The normalized spacial score (nSPS) is 11.7. The zero-order valence-electron chi connectivity index (χ0n) is 11.7. The lowest BCUT2D eigenvalue weighted by atomic mass is 9.92. The van der Waals surface area contributed by atoms with E-state index in [1.54, 1.807) is 25.1 Å². The van der Waals surface area contributed by atoms with Crippen molar-refractivity contribution in [1.82, 2.24) is 0 Å². The molecule has 2 heteroatoms. The first kappa shape index (κ1) is 13.7. The molecule has 0 saturated carbocycles. The van der Waals surface area contributed by atoms with E-state index in [4.69, 9.17) is 0 Å². The van der Waals surface area contributed by atoms with Crippen LogP contribution in [-0.4, -0.2) is 0 Å². The monoisotopic (exact) mass is 260 g/mol. The first-order valence-corrected chi connectivity index (χ1v) is 6.36. The van der Waals surface area contributed by atoms with Crippen molar-refractivity contribution >= 4 is 0 Å². The van der Waals surface area contributed by atoms with E-state index in [2.05, 4.69) is 0 Å². The Labute approximate surface area is 113 Å². The third-order valence-electron chi connectivity index (χ3n) is 3.81. The number of alkyl halides is 2. The Kier molecular flexibility index (Phi) is 3.44. The standard InChI is InChI=1S/C17H18F2/c1-11-8-9-15(10-13(11)3)17(18,19)16-7-5-6-12(2)14(16)4/h5-10H,1-4H3. The number of benzene rings is 2. The number of hydrogen-bond donors (Lipinski definition) is 0. The minimum Gasteiger partial charge on any atom is -0.196 e. The van der Waals surface area contributed by atoms with Crippen LogP contribution in [0, 0.1) is 27.7 Å². The fraction of sp³-hybridized carbons (Fsp3) is 0.294. The summed E-state index contributed by atoms with van der Waals surface area (Å²) in [6, 6.07) is 9.91. The molecule has 0 spiro atoms. The SMILES string of the molecule is Cc1ccc(C(F)(F)c2cccc(C)c2C)cc1C. The van der Waals surface area contributed by atoms with E-state index in [1.165, 1.54) is 12.1 Å². The predicted octanol–water partition coefficient (Wildman–Crippen LogP) is 5.06. The Bertz CT molecular complexity index is 613. The largest absolute Gasteiger partial charge is 0.298 e. The van der Waals surface area contributed by atoms with Crippen molar-refractivity contribution in [2.45, 2.75) is 33.6 Å². The summed E-state index contributed by atoms with van der Waals surface area (Å²) in [7, 11) is 0. The minimum atomic E-state index is -2.95. The molecule has 0 amide bonds. The zero-order valence-corrected chi connectivity index (χ0v) is 11.7. The molecular weight excluding hydrogens is 242 g/mol. The highest BCUT2D eigenvalue weighted by atomic mass is 19.3. The van der Waals surface area contributed by atoms with Gasteiger partial charge in [-0.2, -0.15) is 8.78 Å². The van der Waals surface area contributed by atoms with Crippen LogP contribution in [0.15, 0.2) is 36.4 Å². The van der Waals surface area contributed by atoms with E-state index in [9.17, 15) is 8.78 Å². The maximum atomic E-state index is 14.6. The van der Waals surface area contributed by atoms with Crippen LogP contribution in [-0.2, 0) is 5.92 Å². The molecule has 0 heterocycles. The first-order valence-electron chi connectivity index (χ1n) is 6.36. The summed E-state index contributed by atoms with van der Waals surface area (Å²) < 4.78 is 29.3. The second-order valence-electron chi connectivity index (χ2n) is 5.12. The summed E-state index contributed by atoms with van der Waals surface area (Å²) in [5.41, 5.74) is 3.62. The quantitative estimate of drug-likeness (QED) is 0.708. The van der Waals surface area contributed by atoms with Gasteiger partial charge in [-0.3, -0.25) is 0 Å². The zero-order chi connectivity index (χ0) is 14.2. The molecule has 0 aliphatic heterocycles. The van der Waals surface area contributed by atoms with Gasteiger partial charge in [-0.05, 0) is 56.0 Å². The number of hydrogen-bond acceptors (Lipinski definition) is 0. The van der Waals surface area contributed by atoms with Crippen LogP contribution in [0.4, 0.5) is 8.78 Å². The van der Waals surface area contributed by atoms with Crippen LogP contribution in [0.5, 0.6) is 0 Å². The van der Waals surface area contributed by atoms with Gasteiger partial charge in [0, 0.05) is 11.1 Å². The molecule has 2 rings (SSSR count). The van der Waals surface area contributed by atoms with Crippen LogP contribution in [0.3, 0.4) is 0 Å². The van der Waals surface area contributed by atoms with Crippen molar-refractivity contribution in [3.8, 4) is 0 Å². The Hall–Kier alpha value is -1.70. The van der Waals surface area contributed by atoms with Gasteiger partial charge in [0.05, 0.1) is 0 Å². The lowest BCUT2D eigenvalue weighted by Gasteiger charge is -2.21. The van der Waals surface area contributed by atoms with Crippen molar-refractivity contribution in [3.63, 3.8) is 0 Å². The molecule has 2 aromatic carbocycles. The first-order chi connectivity index (χ1) is 8.84. The summed E-state index contributed by atoms with van der Waals surface area (Å²) in [4.78, 5) is 0. The number of halogens is 2. The maximum Gasteiger partial charge on any atom is 0.298 e. The Balaban J connectivity index is 2.58. The van der Waals surface area contributed by atoms with Gasteiger partial charge in [-0.1, -0.05) is 30.3 Å². The average molecular weight is 260 g/mol. The van der Waals surface area contributed by atoms with Crippen molar-refractivity contribution in [2.75, 3.05) is 0 Å². The van der Waals surface area contributed by atoms with Gasteiger partial charge < -0.3 is 0 Å². The van der Waals surface area contributed by atoms with E-state index in [-0.39, 0.29) is 11.1 Å². The van der Waals surface area contributed by atoms with Crippen molar-refractivity contribution in [2.24, 2.45) is 0 Å². The summed E-state index contributed by atoms with van der Waals surface area (Å²) >= 11 is 0. The Morgan fingerprint density at radius 3 is 2.11 bits per heavy atom. The van der Waals surface area contributed by atoms with Gasteiger partial charge in [0.1, 0.15) is 0 Å². The molecule has 2 aromatic rings. The molecule has 0 radical (unpaired) electrons. The Morgan fingerprint density at radius 2 is 1.47 bits per heavy atom. The van der Waals surface area contributed by atoms with Gasteiger partial charge in [-0.15, -0.1) is 0 Å². The lowest BCUT2D eigenvalue weighted by molar-refractivity contribution is 0.0420. The maximum absolute atomic E-state index is 14.6. The molecule has 0 aromatic heterocycles. The second kappa shape index (κ2) is 4.76. The molecule has 0 atom stereocenters. The second-order valence-corrected chi connectivity index (χ2v) is 5.12. The smallest absolute Gasteiger partial charge is 0.196 e. The van der Waals surface area contributed by atoms with E-state index < -0.39 is 5.92 Å². The molecule has 0 aliphatic rings. The topological polar surface area (TPSA) is 0 Å². The molecule has 0 bridgehead atoms. The van der Waals surface area contributed by atoms with E-state index in [0.717, 1.165) is 16.7 Å². The summed E-state index contributed by atoms with van der Waals surface area (Å²) in [6.07, 6.45) is 0. The van der Waals surface area contributed by atoms with Crippen molar-refractivity contribution in [3.05, 3.63) is 69.8 Å². The van der Waals surface area contributed by atoms with E-state index >= 15 is 0 Å². The molecule has 0 N–H and O–H groups in total. The summed E-state index contributed by atoms with van der Waals surface area (Å²) in [5, 5.41) is 0. The number of rotatable bonds is 2. The lowest BCUT2D eigenvalue weighted by Crippen LogP contribution is -2.17. The average Bonchev–Trinajstić information content (AvgIpc) is 2.35. The summed E-state index contributed by atoms with van der Waals surface area (Å²) in [6.45, 7) is 7.39. The van der Waals surface area contributed by atoms with Crippen LogP contribution in [0.2, 0.25) is 0 Å². The van der Waals surface area contributed by atoms with Crippen LogP contribution in [0.1, 0.15) is 33.4 Å². The predicted molar refractivity (Wildman–Crippen MR) is 74.8 cm³/mol. The highest BCUT2D eigenvalue weighted by Crippen LogP contribution is 2.38. The van der Waals surface area contributed by atoms with Gasteiger partial charge in [0.2, 0.25) is 0 Å². The molecule has 0 nitrogen and oxygen atoms in total. The van der Waals surface area contributed by atoms with Gasteiger partial charge in [-0.25, -0.2) is 0 Å². The molecule has 0 aliphatic carbocycles. The minimum absolute atomic E-state index is 0.0595. The number of aryl methyl sites for hydroxylation is 3. The van der Waals surface area contributed by atoms with Crippen LogP contribution in [0.25, 0.3) is 0 Å². The highest BCUT2D eigenvalue weighted by molar-refractivity contribution is 5.43. The third-order valence-corrected chi connectivity index (χ3v) is 3.81.